The van der Waals surface area contributed by atoms with Gasteiger partial charge in [0.2, 0.25) is 15.7 Å². The maximum Gasteiger partial charge on any atom is 0.227 e. The van der Waals surface area contributed by atoms with Crippen LogP contribution in [0.25, 0.3) is 0 Å². The molecule has 1 amide bonds. The number of phenolic OH excluding ortho intramolecular Hbond substituents is 1. The van der Waals surface area contributed by atoms with Crippen molar-refractivity contribution >= 4 is 21.4 Å². The first kappa shape index (κ1) is 34.4. The lowest BCUT2D eigenvalue weighted by Crippen LogP contribution is -2.26. The van der Waals surface area contributed by atoms with E-state index in [1.807, 2.05) is 19.1 Å². The van der Waals surface area contributed by atoms with Crippen LogP contribution in [0.3, 0.4) is 0 Å². The molecule has 1 unspecified atom stereocenters. The minimum atomic E-state index is -3.70. The Labute approximate surface area is 260 Å². The molecule has 0 aliphatic rings. The summed E-state index contributed by atoms with van der Waals surface area (Å²) in [6.45, 7) is 10.5. The number of carbonyl (C=O) groups excluding carboxylic acids is 1. The van der Waals surface area contributed by atoms with Crippen molar-refractivity contribution in [3.63, 3.8) is 0 Å². The molecule has 3 aromatic rings. The van der Waals surface area contributed by atoms with E-state index in [1.165, 1.54) is 86.8 Å². The lowest BCUT2D eigenvalue weighted by Gasteiger charge is -2.21. The van der Waals surface area contributed by atoms with E-state index in [4.69, 9.17) is 0 Å². The average Bonchev–Trinajstić information content (AvgIpc) is 2.99. The van der Waals surface area contributed by atoms with E-state index in [2.05, 4.69) is 39.1 Å². The van der Waals surface area contributed by atoms with Crippen LogP contribution in [-0.4, -0.2) is 19.4 Å². The highest BCUT2D eigenvalue weighted by molar-refractivity contribution is 7.91. The van der Waals surface area contributed by atoms with Gasteiger partial charge in [-0.05, 0) is 105 Å². The quantitative estimate of drug-likeness (QED) is 0.150. The van der Waals surface area contributed by atoms with Crippen LogP contribution in [0.15, 0.2) is 64.4 Å². The Morgan fingerprint density at radius 3 is 1.79 bits per heavy atom. The third kappa shape index (κ3) is 9.96. The van der Waals surface area contributed by atoms with Gasteiger partial charge >= 0.3 is 0 Å². The zero-order chi connectivity index (χ0) is 31.4. The SMILES string of the molecule is CCCCCCCCCCCCC(Cc1ccc(S(=O)(=O)c2ccc(O)cc2)cc1)C(=O)Nc1c(C)cc(C)c(C)c1C. The van der Waals surface area contributed by atoms with E-state index in [1.54, 1.807) is 12.1 Å². The van der Waals surface area contributed by atoms with Crippen molar-refractivity contribution in [1.29, 1.82) is 0 Å². The second-order valence-corrected chi connectivity index (χ2v) is 14.1. The number of anilines is 1. The molecule has 43 heavy (non-hydrogen) atoms. The second-order valence-electron chi connectivity index (χ2n) is 12.1. The third-order valence-electron chi connectivity index (χ3n) is 8.74. The van der Waals surface area contributed by atoms with Crippen LogP contribution >= 0.6 is 0 Å². The summed E-state index contributed by atoms with van der Waals surface area (Å²) in [6.07, 6.45) is 13.8. The van der Waals surface area contributed by atoms with Gasteiger partial charge in [-0.25, -0.2) is 8.42 Å². The Hall–Kier alpha value is -3.12. The Morgan fingerprint density at radius 1 is 0.721 bits per heavy atom. The van der Waals surface area contributed by atoms with Crippen LogP contribution in [0, 0.1) is 33.6 Å². The summed E-state index contributed by atoms with van der Waals surface area (Å²) >= 11 is 0. The summed E-state index contributed by atoms with van der Waals surface area (Å²) in [6, 6.07) is 14.5. The Balaban J connectivity index is 1.68. The zero-order valence-corrected chi connectivity index (χ0v) is 27.7. The fourth-order valence-electron chi connectivity index (χ4n) is 5.76. The van der Waals surface area contributed by atoms with Gasteiger partial charge in [-0.1, -0.05) is 89.3 Å². The van der Waals surface area contributed by atoms with Crippen LogP contribution < -0.4 is 5.32 Å². The molecule has 0 radical (unpaired) electrons. The highest BCUT2D eigenvalue weighted by Gasteiger charge is 2.22. The number of rotatable bonds is 17. The molecular weight excluding hydrogens is 554 g/mol. The number of aromatic hydroxyl groups is 1. The molecular formula is C37H51NO4S. The molecule has 0 aromatic heterocycles. The van der Waals surface area contributed by atoms with E-state index in [-0.39, 0.29) is 27.4 Å². The van der Waals surface area contributed by atoms with Crippen molar-refractivity contribution in [2.75, 3.05) is 5.32 Å². The second kappa shape index (κ2) is 16.7. The predicted octanol–water partition coefficient (Wildman–Crippen LogP) is 9.57. The molecule has 0 aliphatic carbocycles. The molecule has 6 heteroatoms. The lowest BCUT2D eigenvalue weighted by molar-refractivity contribution is -0.120. The molecule has 0 bridgehead atoms. The van der Waals surface area contributed by atoms with Gasteiger partial charge in [0.1, 0.15) is 5.75 Å². The number of amides is 1. The normalized spacial score (nSPS) is 12.3. The molecule has 234 valence electrons. The van der Waals surface area contributed by atoms with Gasteiger partial charge in [0.25, 0.3) is 0 Å². The molecule has 0 heterocycles. The van der Waals surface area contributed by atoms with Crippen LogP contribution in [0.2, 0.25) is 0 Å². The minimum absolute atomic E-state index is 0.0196. The van der Waals surface area contributed by atoms with E-state index in [9.17, 15) is 18.3 Å². The van der Waals surface area contributed by atoms with Crippen LogP contribution in [0.4, 0.5) is 5.69 Å². The number of phenols is 1. The molecule has 0 aliphatic heterocycles. The summed E-state index contributed by atoms with van der Waals surface area (Å²) in [7, 11) is -3.70. The first-order valence-electron chi connectivity index (χ1n) is 16.1. The molecule has 0 saturated carbocycles. The summed E-state index contributed by atoms with van der Waals surface area (Å²) in [5.74, 6) is -0.174. The van der Waals surface area contributed by atoms with Crippen molar-refractivity contribution < 1.29 is 18.3 Å². The van der Waals surface area contributed by atoms with E-state index < -0.39 is 9.84 Å². The Morgan fingerprint density at radius 2 is 1.23 bits per heavy atom. The highest BCUT2D eigenvalue weighted by atomic mass is 32.2. The van der Waals surface area contributed by atoms with Crippen LogP contribution in [0.1, 0.15) is 105 Å². The number of sulfone groups is 1. The summed E-state index contributed by atoms with van der Waals surface area (Å²) in [5, 5.41) is 12.8. The fourth-order valence-corrected chi connectivity index (χ4v) is 7.02. The number of nitrogens with one attached hydrogen (secondary N) is 1. The van der Waals surface area contributed by atoms with Gasteiger partial charge in [0.15, 0.2) is 0 Å². The van der Waals surface area contributed by atoms with Gasteiger partial charge in [0, 0.05) is 11.6 Å². The number of benzene rings is 3. The molecule has 0 saturated heterocycles. The van der Waals surface area contributed by atoms with Crippen molar-refractivity contribution in [2.45, 2.75) is 121 Å². The minimum Gasteiger partial charge on any atom is -0.508 e. The van der Waals surface area contributed by atoms with Crippen molar-refractivity contribution in [3.8, 4) is 5.75 Å². The molecule has 5 nitrogen and oxygen atoms in total. The Bertz CT molecular complexity index is 1430. The number of hydrogen-bond donors (Lipinski definition) is 2. The number of unbranched alkanes of at least 4 members (excludes halogenated alkanes) is 9. The molecule has 0 fully saturated rings. The summed E-state index contributed by atoms with van der Waals surface area (Å²) < 4.78 is 26.1. The summed E-state index contributed by atoms with van der Waals surface area (Å²) in [4.78, 5) is 14.0. The van der Waals surface area contributed by atoms with Crippen molar-refractivity contribution in [3.05, 3.63) is 82.4 Å². The molecule has 0 spiro atoms. The van der Waals surface area contributed by atoms with Crippen LogP contribution in [0.5, 0.6) is 5.75 Å². The van der Waals surface area contributed by atoms with Gasteiger partial charge in [-0.3, -0.25) is 4.79 Å². The Kier molecular flexibility index (Phi) is 13.3. The van der Waals surface area contributed by atoms with E-state index in [0.717, 1.165) is 41.6 Å². The van der Waals surface area contributed by atoms with E-state index >= 15 is 0 Å². The first-order valence-corrected chi connectivity index (χ1v) is 17.5. The molecule has 2 N–H and O–H groups in total. The summed E-state index contributed by atoms with van der Waals surface area (Å²) in [5.41, 5.74) is 6.42. The van der Waals surface area contributed by atoms with Crippen molar-refractivity contribution in [1.82, 2.24) is 0 Å². The smallest absolute Gasteiger partial charge is 0.227 e. The van der Waals surface area contributed by atoms with Gasteiger partial charge in [-0.15, -0.1) is 0 Å². The molecule has 3 rings (SSSR count). The first-order chi connectivity index (χ1) is 20.5. The number of hydrogen-bond acceptors (Lipinski definition) is 4. The zero-order valence-electron chi connectivity index (χ0n) is 26.8. The lowest BCUT2D eigenvalue weighted by atomic mass is 9.91. The maximum atomic E-state index is 13.7. The monoisotopic (exact) mass is 605 g/mol. The van der Waals surface area contributed by atoms with Gasteiger partial charge in [-0.2, -0.15) is 0 Å². The predicted molar refractivity (Wildman–Crippen MR) is 178 cm³/mol. The topological polar surface area (TPSA) is 83.5 Å². The van der Waals surface area contributed by atoms with Gasteiger partial charge in [0.05, 0.1) is 9.79 Å². The van der Waals surface area contributed by atoms with Crippen molar-refractivity contribution in [2.24, 2.45) is 5.92 Å². The number of aryl methyl sites for hydroxylation is 2. The third-order valence-corrected chi connectivity index (χ3v) is 10.5. The molecule has 1 atom stereocenters. The largest absolute Gasteiger partial charge is 0.508 e. The van der Waals surface area contributed by atoms with Gasteiger partial charge < -0.3 is 10.4 Å². The maximum absolute atomic E-state index is 13.7. The highest BCUT2D eigenvalue weighted by Crippen LogP contribution is 2.29. The fraction of sp³-hybridized carbons (Fsp3) is 0.486. The van der Waals surface area contributed by atoms with Crippen LogP contribution in [-0.2, 0) is 21.1 Å². The number of carbonyl (C=O) groups is 1. The standard InChI is InChI=1S/C37H51NO4S/c1-6-7-8-9-10-11-12-13-14-15-16-32(37(40)38-36-28(3)25-27(2)29(4)30(36)5)26-31-17-21-34(22-18-31)43(41,42)35-23-19-33(39)20-24-35/h17-25,32,39H,6-16,26H2,1-5H3,(H,38,40). The molecule has 3 aromatic carbocycles. The van der Waals surface area contributed by atoms with E-state index in [0.29, 0.717) is 6.42 Å². The average molecular weight is 606 g/mol.